The van der Waals surface area contributed by atoms with Crippen LogP contribution in [0.4, 0.5) is 0 Å². The Morgan fingerprint density at radius 1 is 0.778 bits per heavy atom. The van der Waals surface area contributed by atoms with Gasteiger partial charge in [0.1, 0.15) is 0 Å². The number of allylic oxidation sites excluding steroid dienone is 2. The van der Waals surface area contributed by atoms with E-state index in [1.165, 1.54) is 83.5 Å². The highest BCUT2D eigenvalue weighted by Gasteiger charge is 2.06. The number of unbranched alkanes of at least 4 members (excludes halogenated alkanes) is 12. The number of carbonyl (C=O) groups excluding carboxylic acids is 1. The zero-order chi connectivity index (χ0) is 19.6. The van der Waals surface area contributed by atoms with Gasteiger partial charge < -0.3 is 5.73 Å². The van der Waals surface area contributed by atoms with Crippen molar-refractivity contribution >= 4 is 5.91 Å². The van der Waals surface area contributed by atoms with Crippen molar-refractivity contribution in [2.75, 3.05) is 0 Å². The zero-order valence-electron chi connectivity index (χ0n) is 17.6. The lowest BCUT2D eigenvalue weighted by atomic mass is 10.00. The molecule has 2 heteroatoms. The van der Waals surface area contributed by atoms with Gasteiger partial charge in [-0.3, -0.25) is 4.79 Å². The average Bonchev–Trinajstić information content (AvgIpc) is 2.68. The molecule has 152 valence electrons. The first-order valence-electron chi connectivity index (χ1n) is 11.3. The molecule has 0 radical (unpaired) electrons. The molecule has 0 aliphatic carbocycles. The minimum absolute atomic E-state index is 0.310. The summed E-state index contributed by atoms with van der Waals surface area (Å²) in [5.41, 5.74) is 7.21. The van der Waals surface area contributed by atoms with Gasteiger partial charge in [-0.1, -0.05) is 95.1 Å². The van der Waals surface area contributed by atoms with E-state index in [1.807, 2.05) is 24.3 Å². The summed E-state index contributed by atoms with van der Waals surface area (Å²) in [6, 6.07) is 7.72. The van der Waals surface area contributed by atoms with Crippen LogP contribution in [0.1, 0.15) is 113 Å². The lowest BCUT2D eigenvalue weighted by Gasteiger charge is -2.06. The molecule has 0 spiro atoms. The van der Waals surface area contributed by atoms with Crippen molar-refractivity contribution < 1.29 is 4.79 Å². The van der Waals surface area contributed by atoms with Crippen molar-refractivity contribution in [2.45, 2.75) is 103 Å². The number of carbonyl (C=O) groups is 1. The Kier molecular flexibility index (Phi) is 14.4. The highest BCUT2D eigenvalue weighted by atomic mass is 16.1. The lowest BCUT2D eigenvalue weighted by Crippen LogP contribution is -2.13. The molecule has 2 N–H and O–H groups in total. The summed E-state index contributed by atoms with van der Waals surface area (Å²) in [4.78, 5) is 11.4. The monoisotopic (exact) mass is 371 g/mol. The Labute approximate surface area is 167 Å². The number of amides is 1. The maximum atomic E-state index is 11.4. The Hall–Kier alpha value is -1.57. The number of primary amides is 1. The minimum Gasteiger partial charge on any atom is -0.366 e. The molecule has 2 nitrogen and oxygen atoms in total. The van der Waals surface area contributed by atoms with Gasteiger partial charge in [0.15, 0.2) is 0 Å². The molecular weight excluding hydrogens is 330 g/mol. The number of aryl methyl sites for hydroxylation is 1. The van der Waals surface area contributed by atoms with Crippen molar-refractivity contribution in [3.05, 3.63) is 47.5 Å². The fourth-order valence-corrected chi connectivity index (χ4v) is 3.54. The molecule has 0 bridgehead atoms. The third-order valence-electron chi connectivity index (χ3n) is 5.24. The molecular formula is C25H41NO. The van der Waals surface area contributed by atoms with Crippen molar-refractivity contribution in [2.24, 2.45) is 5.73 Å². The Balaban J connectivity index is 1.91. The van der Waals surface area contributed by atoms with E-state index >= 15 is 0 Å². The van der Waals surface area contributed by atoms with Crippen molar-refractivity contribution in [1.82, 2.24) is 0 Å². The molecule has 0 aliphatic rings. The van der Waals surface area contributed by atoms with Crippen LogP contribution >= 0.6 is 0 Å². The molecule has 0 unspecified atom stereocenters. The number of benzene rings is 1. The molecule has 1 amide bonds. The number of hydrogen-bond acceptors (Lipinski definition) is 1. The smallest absolute Gasteiger partial charge is 0.248 e. The third-order valence-corrected chi connectivity index (χ3v) is 5.24. The zero-order valence-corrected chi connectivity index (χ0v) is 17.6. The van der Waals surface area contributed by atoms with Crippen molar-refractivity contribution in [1.29, 1.82) is 0 Å². The summed E-state index contributed by atoms with van der Waals surface area (Å²) < 4.78 is 0. The summed E-state index contributed by atoms with van der Waals surface area (Å²) in [5.74, 6) is -0.310. The highest BCUT2D eigenvalue weighted by Crippen LogP contribution is 2.14. The maximum absolute atomic E-state index is 11.4. The Morgan fingerprint density at radius 3 is 1.89 bits per heavy atom. The second-order valence-electron chi connectivity index (χ2n) is 7.71. The number of nitrogens with two attached hydrogens (primary N) is 1. The first-order chi connectivity index (χ1) is 13.3. The van der Waals surface area contributed by atoms with Gasteiger partial charge in [0, 0.05) is 5.56 Å². The molecule has 0 fully saturated rings. The number of hydrogen-bond donors (Lipinski definition) is 1. The van der Waals surface area contributed by atoms with Crippen molar-refractivity contribution in [3.63, 3.8) is 0 Å². The van der Waals surface area contributed by atoms with E-state index in [2.05, 4.69) is 19.1 Å². The largest absolute Gasteiger partial charge is 0.366 e. The molecule has 27 heavy (non-hydrogen) atoms. The van der Waals surface area contributed by atoms with Gasteiger partial charge in [-0.25, -0.2) is 0 Å². The van der Waals surface area contributed by atoms with Crippen LogP contribution in [0.3, 0.4) is 0 Å². The predicted molar refractivity (Wildman–Crippen MR) is 118 cm³/mol. The molecule has 1 rings (SSSR count). The van der Waals surface area contributed by atoms with Gasteiger partial charge in [-0.15, -0.1) is 0 Å². The predicted octanol–water partition coefficient (Wildman–Crippen LogP) is 7.37. The van der Waals surface area contributed by atoms with Gasteiger partial charge >= 0.3 is 0 Å². The van der Waals surface area contributed by atoms with Crippen molar-refractivity contribution in [3.8, 4) is 0 Å². The van der Waals surface area contributed by atoms with E-state index < -0.39 is 0 Å². The second kappa shape index (κ2) is 16.6. The summed E-state index contributed by atoms with van der Waals surface area (Å²) in [6.07, 6.45) is 24.2. The van der Waals surface area contributed by atoms with E-state index in [4.69, 9.17) is 5.73 Å². The average molecular weight is 372 g/mol. The van der Waals surface area contributed by atoms with E-state index in [0.717, 1.165) is 18.4 Å². The number of rotatable bonds is 17. The Morgan fingerprint density at radius 2 is 1.30 bits per heavy atom. The van der Waals surface area contributed by atoms with Gasteiger partial charge in [0.25, 0.3) is 0 Å². The second-order valence-corrected chi connectivity index (χ2v) is 7.71. The quantitative estimate of drug-likeness (QED) is 0.225. The van der Waals surface area contributed by atoms with E-state index in [0.29, 0.717) is 5.56 Å². The van der Waals surface area contributed by atoms with E-state index in [-0.39, 0.29) is 5.91 Å². The van der Waals surface area contributed by atoms with Gasteiger partial charge in [0.05, 0.1) is 0 Å². The van der Waals surface area contributed by atoms with E-state index in [1.54, 1.807) is 0 Å². The summed E-state index contributed by atoms with van der Waals surface area (Å²) in [6.45, 7) is 2.27. The molecule has 0 aromatic heterocycles. The van der Waals surface area contributed by atoms with Crippen LogP contribution in [0, 0.1) is 0 Å². The topological polar surface area (TPSA) is 43.1 Å². The molecule has 1 aromatic rings. The normalized spacial score (nSPS) is 11.3. The fourth-order valence-electron chi connectivity index (χ4n) is 3.54. The van der Waals surface area contributed by atoms with Gasteiger partial charge in [0.2, 0.25) is 5.91 Å². The molecule has 0 atom stereocenters. The van der Waals surface area contributed by atoms with Crippen LogP contribution in [0.5, 0.6) is 0 Å². The molecule has 0 heterocycles. The summed E-state index contributed by atoms with van der Waals surface area (Å²) >= 11 is 0. The standard InChI is InChI=1S/C25H41NO/c1-2-3-4-5-6-7-8-9-10-11-12-13-14-15-16-17-20-23-21-18-19-22-24(23)25(26)27/h9-10,18-19,21-22H,2-8,11-17,20H2,1H3,(H2,26,27)/b10-9-. The molecule has 1 aromatic carbocycles. The molecule has 0 aliphatic heterocycles. The van der Waals surface area contributed by atoms with Crippen LogP contribution < -0.4 is 5.73 Å². The van der Waals surface area contributed by atoms with E-state index in [9.17, 15) is 4.79 Å². The SMILES string of the molecule is CCCCCCCC/C=C\CCCCCCCCc1ccccc1C(N)=O. The lowest BCUT2D eigenvalue weighted by molar-refractivity contribution is 0.0999. The minimum atomic E-state index is -0.310. The van der Waals surface area contributed by atoms with Crippen LogP contribution in [-0.4, -0.2) is 5.91 Å². The maximum Gasteiger partial charge on any atom is 0.248 e. The van der Waals surface area contributed by atoms with Crippen LogP contribution in [-0.2, 0) is 6.42 Å². The van der Waals surface area contributed by atoms with Gasteiger partial charge in [-0.2, -0.15) is 0 Å². The molecule has 0 saturated heterocycles. The highest BCUT2D eigenvalue weighted by molar-refractivity contribution is 5.94. The van der Waals surface area contributed by atoms with Crippen LogP contribution in [0.2, 0.25) is 0 Å². The first-order valence-corrected chi connectivity index (χ1v) is 11.3. The summed E-state index contributed by atoms with van der Waals surface area (Å²) in [5, 5.41) is 0. The Bertz CT molecular complexity index is 521. The fraction of sp³-hybridized carbons (Fsp3) is 0.640. The summed E-state index contributed by atoms with van der Waals surface area (Å²) in [7, 11) is 0. The molecule has 0 saturated carbocycles. The van der Waals surface area contributed by atoms with Crippen LogP contribution in [0.15, 0.2) is 36.4 Å². The van der Waals surface area contributed by atoms with Crippen LogP contribution in [0.25, 0.3) is 0 Å². The third kappa shape index (κ3) is 12.4. The van der Waals surface area contributed by atoms with Gasteiger partial charge in [-0.05, 0) is 50.2 Å². The first kappa shape index (κ1) is 23.5.